The number of anilines is 1. The van der Waals surface area contributed by atoms with Gasteiger partial charge in [0.05, 0.1) is 11.8 Å². The molecule has 1 fully saturated rings. The van der Waals surface area contributed by atoms with Gasteiger partial charge in [-0.2, -0.15) is 0 Å². The van der Waals surface area contributed by atoms with Crippen LogP contribution in [0.4, 0.5) is 5.69 Å². The average Bonchev–Trinajstić information content (AvgIpc) is 2.58. The lowest BCUT2D eigenvalue weighted by molar-refractivity contribution is 0.0558. The van der Waals surface area contributed by atoms with Crippen molar-refractivity contribution >= 4 is 11.6 Å². The van der Waals surface area contributed by atoms with E-state index in [1.807, 2.05) is 18.4 Å². The van der Waals surface area contributed by atoms with E-state index in [-0.39, 0.29) is 24.1 Å². The number of nitrogens with one attached hydrogen (secondary N) is 1. The molecule has 0 saturated heterocycles. The molecule has 1 aliphatic rings. The number of carbonyl (C=O) groups is 1. The van der Waals surface area contributed by atoms with Gasteiger partial charge in [-0.25, -0.2) is 0 Å². The number of aliphatic hydroxyl groups excluding tert-OH is 1. The lowest BCUT2D eigenvalue weighted by Gasteiger charge is -2.32. The molecule has 5 nitrogen and oxygen atoms in total. The smallest absolute Gasteiger partial charge is 0.268 e. The zero-order valence-corrected chi connectivity index (χ0v) is 10.2. The molecule has 17 heavy (non-hydrogen) atoms. The van der Waals surface area contributed by atoms with Crippen molar-refractivity contribution in [3.05, 3.63) is 18.0 Å². The molecule has 4 N–H and O–H groups in total. The van der Waals surface area contributed by atoms with Gasteiger partial charge in [-0.05, 0) is 32.8 Å². The first-order chi connectivity index (χ1) is 7.97. The Hall–Kier alpha value is -1.49. The minimum absolute atomic E-state index is 0.0919. The van der Waals surface area contributed by atoms with E-state index in [1.165, 1.54) is 0 Å². The quantitative estimate of drug-likeness (QED) is 0.730. The van der Waals surface area contributed by atoms with E-state index in [4.69, 9.17) is 5.73 Å². The van der Waals surface area contributed by atoms with Crippen LogP contribution in [0.3, 0.4) is 0 Å². The van der Waals surface area contributed by atoms with E-state index in [1.54, 1.807) is 12.3 Å². The number of carbonyl (C=O) groups excluding carboxylic acids is 1. The maximum atomic E-state index is 12.0. The SMILES string of the molecule is CC(C)n1cc(N)cc1C(=O)NC1CC(O)C1. The number of amides is 1. The first-order valence-corrected chi connectivity index (χ1v) is 5.93. The van der Waals surface area contributed by atoms with Gasteiger partial charge in [0, 0.05) is 18.3 Å². The summed E-state index contributed by atoms with van der Waals surface area (Å²) in [5.74, 6) is -0.118. The topological polar surface area (TPSA) is 80.3 Å². The van der Waals surface area contributed by atoms with E-state index in [0.29, 0.717) is 24.2 Å². The van der Waals surface area contributed by atoms with Crippen molar-refractivity contribution in [3.8, 4) is 0 Å². The molecule has 94 valence electrons. The third-order valence-electron chi connectivity index (χ3n) is 3.11. The van der Waals surface area contributed by atoms with Crippen LogP contribution >= 0.6 is 0 Å². The summed E-state index contributed by atoms with van der Waals surface area (Å²) in [4.78, 5) is 12.0. The van der Waals surface area contributed by atoms with E-state index >= 15 is 0 Å². The summed E-state index contributed by atoms with van der Waals surface area (Å²) in [5.41, 5.74) is 6.89. The van der Waals surface area contributed by atoms with E-state index in [9.17, 15) is 9.90 Å². The largest absolute Gasteiger partial charge is 0.397 e. The third-order valence-corrected chi connectivity index (χ3v) is 3.11. The van der Waals surface area contributed by atoms with E-state index in [0.717, 1.165) is 0 Å². The molecule has 0 unspecified atom stereocenters. The zero-order chi connectivity index (χ0) is 12.6. The van der Waals surface area contributed by atoms with Gasteiger partial charge >= 0.3 is 0 Å². The van der Waals surface area contributed by atoms with Crippen LogP contribution in [0.25, 0.3) is 0 Å². The van der Waals surface area contributed by atoms with Gasteiger partial charge in [-0.3, -0.25) is 4.79 Å². The third kappa shape index (κ3) is 2.44. The highest BCUT2D eigenvalue weighted by molar-refractivity contribution is 5.94. The molecule has 2 rings (SSSR count). The van der Waals surface area contributed by atoms with Gasteiger partial charge in [0.1, 0.15) is 5.69 Å². The Morgan fingerprint density at radius 1 is 1.59 bits per heavy atom. The summed E-state index contributed by atoms with van der Waals surface area (Å²) in [5, 5.41) is 12.1. The summed E-state index contributed by atoms with van der Waals surface area (Å²) in [7, 11) is 0. The number of nitrogen functional groups attached to an aromatic ring is 1. The maximum Gasteiger partial charge on any atom is 0.268 e. The predicted octanol–water partition coefficient (Wildman–Crippen LogP) is 0.904. The van der Waals surface area contributed by atoms with Crippen molar-refractivity contribution in [2.45, 2.75) is 44.9 Å². The summed E-state index contributed by atoms with van der Waals surface area (Å²) >= 11 is 0. The molecule has 1 aromatic rings. The minimum atomic E-state index is -0.262. The lowest BCUT2D eigenvalue weighted by atomic mass is 9.89. The minimum Gasteiger partial charge on any atom is -0.397 e. The number of nitrogens with zero attached hydrogens (tertiary/aromatic N) is 1. The molecule has 0 aliphatic heterocycles. The highest BCUT2D eigenvalue weighted by Gasteiger charge is 2.29. The number of aliphatic hydroxyl groups is 1. The number of aromatic nitrogens is 1. The number of hydrogen-bond donors (Lipinski definition) is 3. The lowest BCUT2D eigenvalue weighted by Crippen LogP contribution is -2.47. The van der Waals surface area contributed by atoms with Gasteiger partial charge in [-0.1, -0.05) is 0 Å². The van der Waals surface area contributed by atoms with Crippen molar-refractivity contribution in [1.82, 2.24) is 9.88 Å². The number of hydrogen-bond acceptors (Lipinski definition) is 3. The fourth-order valence-corrected chi connectivity index (χ4v) is 2.07. The average molecular weight is 237 g/mol. The molecule has 1 saturated carbocycles. The van der Waals surface area contributed by atoms with Crippen LogP contribution in [-0.4, -0.2) is 27.7 Å². The molecule has 1 aromatic heterocycles. The van der Waals surface area contributed by atoms with Crippen LogP contribution in [0, 0.1) is 0 Å². The summed E-state index contributed by atoms with van der Waals surface area (Å²) in [6.45, 7) is 4.01. The van der Waals surface area contributed by atoms with Crippen molar-refractivity contribution in [2.24, 2.45) is 0 Å². The molecular weight excluding hydrogens is 218 g/mol. The monoisotopic (exact) mass is 237 g/mol. The first kappa shape index (κ1) is 12.0. The van der Waals surface area contributed by atoms with E-state index in [2.05, 4.69) is 5.32 Å². The second kappa shape index (κ2) is 4.41. The van der Waals surface area contributed by atoms with Crippen LogP contribution < -0.4 is 11.1 Å². The Bertz CT molecular complexity index is 419. The van der Waals surface area contributed by atoms with Gasteiger partial charge in [-0.15, -0.1) is 0 Å². The van der Waals surface area contributed by atoms with Gasteiger partial charge < -0.3 is 20.7 Å². The Balaban J connectivity index is 2.08. The molecule has 1 heterocycles. The molecule has 0 aromatic carbocycles. The van der Waals surface area contributed by atoms with Crippen LogP contribution in [0.15, 0.2) is 12.3 Å². The second-order valence-corrected chi connectivity index (χ2v) is 4.96. The van der Waals surface area contributed by atoms with Crippen LogP contribution in [-0.2, 0) is 0 Å². The molecule has 1 aliphatic carbocycles. The van der Waals surface area contributed by atoms with Gasteiger partial charge in [0.15, 0.2) is 0 Å². The molecule has 5 heteroatoms. The standard InChI is InChI=1S/C12H19N3O2/c1-7(2)15-6-8(13)3-11(15)12(17)14-9-4-10(16)5-9/h3,6-7,9-10,16H,4-5,13H2,1-2H3,(H,14,17). The fourth-order valence-electron chi connectivity index (χ4n) is 2.07. The fraction of sp³-hybridized carbons (Fsp3) is 0.583. The van der Waals surface area contributed by atoms with Gasteiger partial charge in [0.2, 0.25) is 0 Å². The molecular formula is C12H19N3O2. The van der Waals surface area contributed by atoms with Crippen LogP contribution in [0.5, 0.6) is 0 Å². The van der Waals surface area contributed by atoms with Crippen LogP contribution in [0.1, 0.15) is 43.2 Å². The Labute approximate surface area is 101 Å². The van der Waals surface area contributed by atoms with Crippen molar-refractivity contribution in [1.29, 1.82) is 0 Å². The number of nitrogens with two attached hydrogens (primary N) is 1. The summed E-state index contributed by atoms with van der Waals surface area (Å²) in [6, 6.07) is 1.97. The second-order valence-electron chi connectivity index (χ2n) is 4.96. The number of rotatable bonds is 3. The van der Waals surface area contributed by atoms with E-state index < -0.39 is 0 Å². The molecule has 0 spiro atoms. The van der Waals surface area contributed by atoms with Crippen molar-refractivity contribution in [3.63, 3.8) is 0 Å². The molecule has 0 atom stereocenters. The Morgan fingerprint density at radius 3 is 2.76 bits per heavy atom. The van der Waals surface area contributed by atoms with Crippen molar-refractivity contribution in [2.75, 3.05) is 5.73 Å². The Kier molecular flexibility index (Phi) is 3.11. The highest BCUT2D eigenvalue weighted by Crippen LogP contribution is 2.21. The molecule has 0 bridgehead atoms. The summed E-state index contributed by atoms with van der Waals surface area (Å²) < 4.78 is 1.86. The maximum absolute atomic E-state index is 12.0. The Morgan fingerprint density at radius 2 is 2.24 bits per heavy atom. The van der Waals surface area contributed by atoms with Crippen LogP contribution in [0.2, 0.25) is 0 Å². The predicted molar refractivity (Wildman–Crippen MR) is 65.7 cm³/mol. The molecule has 1 amide bonds. The first-order valence-electron chi connectivity index (χ1n) is 5.93. The highest BCUT2D eigenvalue weighted by atomic mass is 16.3. The van der Waals surface area contributed by atoms with Crippen molar-refractivity contribution < 1.29 is 9.90 Å². The normalized spacial score (nSPS) is 23.5. The van der Waals surface area contributed by atoms with Gasteiger partial charge in [0.25, 0.3) is 5.91 Å². The molecule has 0 radical (unpaired) electrons. The zero-order valence-electron chi connectivity index (χ0n) is 10.2. The summed E-state index contributed by atoms with van der Waals surface area (Å²) in [6.07, 6.45) is 2.80.